The standard InChI is InChI=1S/C21H20N6OS2/c1-15-7-9-16(10-8-15)23-13-18-25-26-21(27(18)17-5-3-2-4-6-17)30-14-19(28)24-20-22-11-12-29-20/h2-12,23H,13-14H2,1H3,(H,22,24,28). The summed E-state index contributed by atoms with van der Waals surface area (Å²) in [6.07, 6.45) is 1.66. The fraction of sp³-hybridized carbons (Fsp3) is 0.143. The molecule has 4 aromatic rings. The fourth-order valence-electron chi connectivity index (χ4n) is 2.77. The van der Waals surface area contributed by atoms with Crippen molar-refractivity contribution in [1.29, 1.82) is 0 Å². The monoisotopic (exact) mass is 436 g/mol. The summed E-state index contributed by atoms with van der Waals surface area (Å²) in [6.45, 7) is 2.57. The summed E-state index contributed by atoms with van der Waals surface area (Å²) in [6, 6.07) is 18.1. The molecular weight excluding hydrogens is 416 g/mol. The number of amides is 1. The van der Waals surface area contributed by atoms with Gasteiger partial charge in [-0.2, -0.15) is 0 Å². The first kappa shape index (κ1) is 20.1. The van der Waals surface area contributed by atoms with Crippen molar-refractivity contribution in [2.45, 2.75) is 18.6 Å². The lowest BCUT2D eigenvalue weighted by atomic mass is 10.2. The lowest BCUT2D eigenvalue weighted by Crippen LogP contribution is -2.14. The van der Waals surface area contributed by atoms with E-state index >= 15 is 0 Å². The van der Waals surface area contributed by atoms with Gasteiger partial charge in [-0.05, 0) is 31.2 Å². The Labute approximate surface area is 182 Å². The molecule has 2 aromatic carbocycles. The van der Waals surface area contributed by atoms with Crippen LogP contribution in [0.4, 0.5) is 10.8 Å². The zero-order valence-electron chi connectivity index (χ0n) is 16.3. The molecular formula is C21H20N6OS2. The topological polar surface area (TPSA) is 84.7 Å². The van der Waals surface area contributed by atoms with E-state index in [1.54, 1.807) is 6.20 Å². The average Bonchev–Trinajstić information content (AvgIpc) is 3.42. The Hall–Kier alpha value is -3.17. The van der Waals surface area contributed by atoms with Crippen LogP contribution in [-0.2, 0) is 11.3 Å². The normalized spacial score (nSPS) is 10.7. The largest absolute Gasteiger partial charge is 0.378 e. The molecule has 0 aliphatic heterocycles. The maximum atomic E-state index is 12.2. The van der Waals surface area contributed by atoms with Crippen molar-refractivity contribution in [3.05, 3.63) is 77.6 Å². The molecule has 0 aliphatic carbocycles. The van der Waals surface area contributed by atoms with Crippen molar-refractivity contribution in [3.63, 3.8) is 0 Å². The van der Waals surface area contributed by atoms with E-state index in [-0.39, 0.29) is 11.7 Å². The third kappa shape index (κ3) is 5.05. The predicted molar refractivity (Wildman–Crippen MR) is 121 cm³/mol. The SMILES string of the molecule is Cc1ccc(NCc2nnc(SCC(=O)Nc3nccs3)n2-c2ccccc2)cc1. The van der Waals surface area contributed by atoms with Crippen molar-refractivity contribution in [3.8, 4) is 5.69 Å². The maximum Gasteiger partial charge on any atom is 0.236 e. The zero-order valence-corrected chi connectivity index (χ0v) is 17.9. The Morgan fingerprint density at radius 1 is 1.10 bits per heavy atom. The van der Waals surface area contributed by atoms with E-state index in [1.165, 1.54) is 28.7 Å². The minimum Gasteiger partial charge on any atom is -0.378 e. The number of benzene rings is 2. The summed E-state index contributed by atoms with van der Waals surface area (Å²) in [5.74, 6) is 0.858. The highest BCUT2D eigenvalue weighted by Crippen LogP contribution is 2.23. The third-order valence-electron chi connectivity index (χ3n) is 4.23. The number of aryl methyl sites for hydroxylation is 1. The number of aromatic nitrogens is 4. The van der Waals surface area contributed by atoms with Crippen LogP contribution in [0.15, 0.2) is 71.3 Å². The summed E-state index contributed by atoms with van der Waals surface area (Å²) >= 11 is 2.73. The Balaban J connectivity index is 1.50. The second kappa shape index (κ2) is 9.55. The van der Waals surface area contributed by atoms with Gasteiger partial charge in [-0.25, -0.2) is 4.98 Å². The summed E-state index contributed by atoms with van der Waals surface area (Å²) in [5, 5.41) is 17.9. The molecule has 30 heavy (non-hydrogen) atoms. The van der Waals surface area contributed by atoms with E-state index in [9.17, 15) is 4.79 Å². The highest BCUT2D eigenvalue weighted by atomic mass is 32.2. The van der Waals surface area contributed by atoms with Crippen LogP contribution in [-0.4, -0.2) is 31.4 Å². The number of thiazole rings is 1. The quantitative estimate of drug-likeness (QED) is 0.399. The minimum atomic E-state index is -0.128. The van der Waals surface area contributed by atoms with Crippen LogP contribution in [0.2, 0.25) is 0 Å². The molecule has 0 fully saturated rings. The van der Waals surface area contributed by atoms with Gasteiger partial charge in [0, 0.05) is 23.0 Å². The van der Waals surface area contributed by atoms with Gasteiger partial charge in [0.1, 0.15) is 0 Å². The van der Waals surface area contributed by atoms with Gasteiger partial charge in [0.15, 0.2) is 16.1 Å². The van der Waals surface area contributed by atoms with Gasteiger partial charge in [-0.3, -0.25) is 9.36 Å². The van der Waals surface area contributed by atoms with Crippen LogP contribution in [0.1, 0.15) is 11.4 Å². The second-order valence-electron chi connectivity index (χ2n) is 6.46. The number of carbonyl (C=O) groups excluding carboxylic acids is 1. The van der Waals surface area contributed by atoms with Gasteiger partial charge >= 0.3 is 0 Å². The van der Waals surface area contributed by atoms with Crippen molar-refractivity contribution in [2.24, 2.45) is 0 Å². The van der Waals surface area contributed by atoms with Crippen molar-refractivity contribution in [2.75, 3.05) is 16.4 Å². The van der Waals surface area contributed by atoms with Crippen molar-refractivity contribution < 1.29 is 4.79 Å². The number of thioether (sulfide) groups is 1. The zero-order chi connectivity index (χ0) is 20.8. The number of hydrogen-bond donors (Lipinski definition) is 2. The maximum absolute atomic E-state index is 12.2. The number of carbonyl (C=O) groups is 1. The van der Waals surface area contributed by atoms with Crippen LogP contribution in [0.5, 0.6) is 0 Å². The Bertz CT molecular complexity index is 1090. The molecule has 4 rings (SSSR count). The van der Waals surface area contributed by atoms with E-state index in [0.717, 1.165) is 17.2 Å². The van der Waals surface area contributed by atoms with Crippen LogP contribution in [0, 0.1) is 6.92 Å². The first-order valence-corrected chi connectivity index (χ1v) is 11.2. The number of hydrogen-bond acceptors (Lipinski definition) is 7. The van der Waals surface area contributed by atoms with Crippen molar-refractivity contribution in [1.82, 2.24) is 19.7 Å². The molecule has 9 heteroatoms. The highest BCUT2D eigenvalue weighted by molar-refractivity contribution is 7.99. The van der Waals surface area contributed by atoms with E-state index in [0.29, 0.717) is 16.8 Å². The first-order valence-electron chi connectivity index (χ1n) is 9.31. The van der Waals surface area contributed by atoms with Gasteiger partial charge in [-0.1, -0.05) is 47.7 Å². The number of nitrogens with one attached hydrogen (secondary N) is 2. The number of rotatable bonds is 8. The summed E-state index contributed by atoms with van der Waals surface area (Å²) < 4.78 is 1.97. The van der Waals surface area contributed by atoms with Gasteiger partial charge in [-0.15, -0.1) is 21.5 Å². The lowest BCUT2D eigenvalue weighted by Gasteiger charge is -2.11. The molecule has 0 bridgehead atoms. The molecule has 1 amide bonds. The van der Waals surface area contributed by atoms with E-state index in [2.05, 4.69) is 44.9 Å². The van der Waals surface area contributed by atoms with E-state index in [4.69, 9.17) is 0 Å². The summed E-state index contributed by atoms with van der Waals surface area (Å²) in [4.78, 5) is 16.3. The number of nitrogens with zero attached hydrogens (tertiary/aromatic N) is 4. The second-order valence-corrected chi connectivity index (χ2v) is 8.30. The molecule has 2 heterocycles. The molecule has 2 N–H and O–H groups in total. The van der Waals surface area contributed by atoms with Crippen LogP contribution >= 0.6 is 23.1 Å². The molecule has 0 radical (unpaired) electrons. The van der Waals surface area contributed by atoms with Gasteiger partial charge in [0.2, 0.25) is 5.91 Å². The molecule has 0 unspecified atom stereocenters. The summed E-state index contributed by atoms with van der Waals surface area (Å²) in [7, 11) is 0. The minimum absolute atomic E-state index is 0.128. The van der Waals surface area contributed by atoms with Gasteiger partial charge < -0.3 is 10.6 Å². The first-order chi connectivity index (χ1) is 14.7. The lowest BCUT2D eigenvalue weighted by molar-refractivity contribution is -0.113. The number of para-hydroxylation sites is 1. The van der Waals surface area contributed by atoms with Crippen LogP contribution in [0.3, 0.4) is 0 Å². The highest BCUT2D eigenvalue weighted by Gasteiger charge is 2.16. The Morgan fingerprint density at radius 2 is 1.90 bits per heavy atom. The van der Waals surface area contributed by atoms with E-state index in [1.807, 2.05) is 52.4 Å². The molecule has 0 aliphatic rings. The van der Waals surface area contributed by atoms with E-state index < -0.39 is 0 Å². The van der Waals surface area contributed by atoms with Crippen LogP contribution < -0.4 is 10.6 Å². The molecule has 7 nitrogen and oxygen atoms in total. The fourth-order valence-corrected chi connectivity index (χ4v) is 4.08. The van der Waals surface area contributed by atoms with Crippen molar-refractivity contribution >= 4 is 39.8 Å². The Morgan fingerprint density at radius 3 is 2.63 bits per heavy atom. The number of anilines is 2. The Kier molecular flexibility index (Phi) is 6.41. The average molecular weight is 437 g/mol. The smallest absolute Gasteiger partial charge is 0.236 e. The molecule has 2 aromatic heterocycles. The molecule has 152 valence electrons. The molecule has 0 spiro atoms. The third-order valence-corrected chi connectivity index (χ3v) is 5.85. The molecule has 0 atom stereocenters. The van der Waals surface area contributed by atoms with Gasteiger partial charge in [0.25, 0.3) is 0 Å². The predicted octanol–water partition coefficient (Wildman–Crippen LogP) is 4.38. The summed E-state index contributed by atoms with van der Waals surface area (Å²) in [5.41, 5.74) is 3.17. The molecule has 0 saturated heterocycles. The van der Waals surface area contributed by atoms with Crippen LogP contribution in [0.25, 0.3) is 5.69 Å². The molecule has 0 saturated carbocycles. The van der Waals surface area contributed by atoms with Gasteiger partial charge in [0.05, 0.1) is 12.3 Å².